The average molecular weight is 294 g/mol. The van der Waals surface area contributed by atoms with E-state index in [9.17, 15) is 4.79 Å². The number of esters is 1. The van der Waals surface area contributed by atoms with Gasteiger partial charge in [-0.25, -0.2) is 4.79 Å². The molecule has 0 aliphatic heterocycles. The Kier molecular flexibility index (Phi) is 4.06. The zero-order chi connectivity index (χ0) is 15.5. The van der Waals surface area contributed by atoms with E-state index in [-0.39, 0.29) is 0 Å². The zero-order valence-electron chi connectivity index (χ0n) is 12.6. The number of hydrogen-bond acceptors (Lipinski definition) is 4. The van der Waals surface area contributed by atoms with Crippen molar-refractivity contribution in [1.82, 2.24) is 4.98 Å². The highest BCUT2D eigenvalue weighted by molar-refractivity contribution is 6.05. The van der Waals surface area contributed by atoms with Gasteiger partial charge in [-0.3, -0.25) is 4.98 Å². The molecule has 1 unspecified atom stereocenters. The molecule has 2 aromatic rings. The molecule has 22 heavy (non-hydrogen) atoms. The van der Waals surface area contributed by atoms with Gasteiger partial charge >= 0.3 is 5.97 Å². The van der Waals surface area contributed by atoms with Crippen LogP contribution in [-0.4, -0.2) is 17.1 Å². The second-order valence-corrected chi connectivity index (χ2v) is 5.67. The molecule has 1 aliphatic rings. The van der Waals surface area contributed by atoms with Crippen molar-refractivity contribution in [3.63, 3.8) is 0 Å². The van der Waals surface area contributed by atoms with Crippen LogP contribution in [0.15, 0.2) is 24.3 Å². The summed E-state index contributed by atoms with van der Waals surface area (Å²) in [5, 5.41) is 9.71. The van der Waals surface area contributed by atoms with Gasteiger partial charge in [-0.05, 0) is 44.2 Å². The molecule has 3 rings (SSSR count). The number of nitriles is 1. The van der Waals surface area contributed by atoms with Gasteiger partial charge in [-0.2, -0.15) is 5.26 Å². The summed E-state index contributed by atoms with van der Waals surface area (Å²) < 4.78 is 5.27. The standard InChI is InChI=1S/C18H18N2O2/c1-12(11-19)22-18(21)17-13-7-3-2-4-9-15(13)20-16-10-6-5-8-14(16)17/h5-6,8,10,12H,2-4,7,9H2,1H3. The first kappa shape index (κ1) is 14.5. The normalized spacial score (nSPS) is 15.5. The number of carbonyl (C=O) groups is 1. The largest absolute Gasteiger partial charge is 0.444 e. The predicted octanol–water partition coefficient (Wildman–Crippen LogP) is 3.57. The molecule has 4 heteroatoms. The van der Waals surface area contributed by atoms with Gasteiger partial charge in [0.1, 0.15) is 6.07 Å². The zero-order valence-corrected chi connectivity index (χ0v) is 12.6. The molecule has 1 atom stereocenters. The lowest BCUT2D eigenvalue weighted by molar-refractivity contribution is 0.0436. The van der Waals surface area contributed by atoms with Crippen molar-refractivity contribution in [2.45, 2.75) is 45.1 Å². The number of aromatic nitrogens is 1. The van der Waals surface area contributed by atoms with Crippen molar-refractivity contribution >= 4 is 16.9 Å². The van der Waals surface area contributed by atoms with Gasteiger partial charge in [-0.15, -0.1) is 0 Å². The number of hydrogen-bond donors (Lipinski definition) is 0. The number of nitrogens with zero attached hydrogens (tertiary/aromatic N) is 2. The highest BCUT2D eigenvalue weighted by Crippen LogP contribution is 2.29. The third-order valence-corrected chi connectivity index (χ3v) is 4.09. The number of pyridine rings is 1. The monoisotopic (exact) mass is 294 g/mol. The summed E-state index contributed by atoms with van der Waals surface area (Å²) in [6.45, 7) is 1.58. The third kappa shape index (κ3) is 2.67. The molecule has 1 aromatic carbocycles. The molecule has 0 saturated heterocycles. The van der Waals surface area contributed by atoms with Crippen molar-refractivity contribution in [1.29, 1.82) is 5.26 Å². The molecule has 0 amide bonds. The maximum absolute atomic E-state index is 12.6. The lowest BCUT2D eigenvalue weighted by Gasteiger charge is -2.15. The van der Waals surface area contributed by atoms with E-state index in [1.54, 1.807) is 6.92 Å². The van der Waals surface area contributed by atoms with E-state index < -0.39 is 12.1 Å². The summed E-state index contributed by atoms with van der Waals surface area (Å²) in [7, 11) is 0. The minimum Gasteiger partial charge on any atom is -0.444 e. The predicted molar refractivity (Wildman–Crippen MR) is 83.5 cm³/mol. The van der Waals surface area contributed by atoms with E-state index in [1.165, 1.54) is 0 Å². The summed E-state index contributed by atoms with van der Waals surface area (Å²) in [4.78, 5) is 17.4. The first-order valence-electron chi connectivity index (χ1n) is 7.72. The molecule has 1 aliphatic carbocycles. The summed E-state index contributed by atoms with van der Waals surface area (Å²) in [5.74, 6) is -0.411. The Hall–Kier alpha value is -2.41. The molecular formula is C18H18N2O2. The van der Waals surface area contributed by atoms with Crippen LogP contribution < -0.4 is 0 Å². The van der Waals surface area contributed by atoms with Gasteiger partial charge in [-0.1, -0.05) is 24.6 Å². The van der Waals surface area contributed by atoms with Crippen LogP contribution in [0, 0.1) is 11.3 Å². The fourth-order valence-corrected chi connectivity index (χ4v) is 3.03. The SMILES string of the molecule is CC(C#N)OC(=O)c1c2c(nc3ccccc13)CCCCC2. The Morgan fingerprint density at radius 3 is 2.86 bits per heavy atom. The number of ether oxygens (including phenoxy) is 1. The topological polar surface area (TPSA) is 63.0 Å². The Morgan fingerprint density at radius 1 is 1.27 bits per heavy atom. The van der Waals surface area contributed by atoms with E-state index >= 15 is 0 Å². The van der Waals surface area contributed by atoms with Crippen LogP contribution in [0.1, 0.15) is 47.8 Å². The maximum atomic E-state index is 12.6. The van der Waals surface area contributed by atoms with Gasteiger partial charge in [0.05, 0.1) is 11.1 Å². The summed E-state index contributed by atoms with van der Waals surface area (Å²) >= 11 is 0. The van der Waals surface area contributed by atoms with Gasteiger partial charge in [0.25, 0.3) is 0 Å². The fraction of sp³-hybridized carbons (Fsp3) is 0.389. The number of rotatable bonds is 2. The maximum Gasteiger partial charge on any atom is 0.340 e. The van der Waals surface area contributed by atoms with E-state index in [4.69, 9.17) is 15.0 Å². The lowest BCUT2D eigenvalue weighted by Crippen LogP contribution is -2.17. The highest BCUT2D eigenvalue weighted by atomic mass is 16.5. The number of benzene rings is 1. The van der Waals surface area contributed by atoms with E-state index in [2.05, 4.69) is 0 Å². The van der Waals surface area contributed by atoms with Crippen LogP contribution in [0.25, 0.3) is 10.9 Å². The molecule has 0 fully saturated rings. The molecule has 1 heterocycles. The Morgan fingerprint density at radius 2 is 2.05 bits per heavy atom. The highest BCUT2D eigenvalue weighted by Gasteiger charge is 2.23. The summed E-state index contributed by atoms with van der Waals surface area (Å²) in [6.07, 6.45) is 4.30. The number of carbonyl (C=O) groups excluding carboxylic acids is 1. The summed E-state index contributed by atoms with van der Waals surface area (Å²) in [6, 6.07) is 9.60. The Bertz CT molecular complexity index is 762. The second kappa shape index (κ2) is 6.15. The van der Waals surface area contributed by atoms with Crippen molar-refractivity contribution in [3.8, 4) is 6.07 Å². The molecule has 0 spiro atoms. The number of fused-ring (bicyclic) bond motifs is 2. The van der Waals surface area contributed by atoms with Crippen molar-refractivity contribution in [3.05, 3.63) is 41.1 Å². The van der Waals surface area contributed by atoms with Crippen LogP contribution in [0.3, 0.4) is 0 Å². The molecule has 4 nitrogen and oxygen atoms in total. The second-order valence-electron chi connectivity index (χ2n) is 5.67. The lowest BCUT2D eigenvalue weighted by atomic mass is 9.97. The fourth-order valence-electron chi connectivity index (χ4n) is 3.03. The minimum atomic E-state index is -0.749. The van der Waals surface area contributed by atoms with Crippen LogP contribution >= 0.6 is 0 Å². The quantitative estimate of drug-likeness (QED) is 0.627. The molecule has 1 aromatic heterocycles. The summed E-state index contributed by atoms with van der Waals surface area (Å²) in [5.41, 5.74) is 3.43. The molecule has 112 valence electrons. The van der Waals surface area contributed by atoms with Crippen molar-refractivity contribution < 1.29 is 9.53 Å². The van der Waals surface area contributed by atoms with Gasteiger partial charge in [0.2, 0.25) is 0 Å². The molecular weight excluding hydrogens is 276 g/mol. The van der Waals surface area contributed by atoms with Gasteiger partial charge < -0.3 is 4.74 Å². The van der Waals surface area contributed by atoms with Crippen molar-refractivity contribution in [2.24, 2.45) is 0 Å². The van der Waals surface area contributed by atoms with E-state index in [1.807, 2.05) is 30.3 Å². The van der Waals surface area contributed by atoms with Crippen LogP contribution in [0.2, 0.25) is 0 Å². The Labute approximate surface area is 129 Å². The Balaban J connectivity index is 2.19. The molecule has 0 N–H and O–H groups in total. The number of aryl methyl sites for hydroxylation is 1. The van der Waals surface area contributed by atoms with Gasteiger partial charge in [0.15, 0.2) is 6.10 Å². The third-order valence-electron chi connectivity index (χ3n) is 4.09. The average Bonchev–Trinajstić information content (AvgIpc) is 2.77. The van der Waals surface area contributed by atoms with E-state index in [0.29, 0.717) is 5.56 Å². The molecule has 0 saturated carbocycles. The van der Waals surface area contributed by atoms with Crippen LogP contribution in [0.4, 0.5) is 0 Å². The van der Waals surface area contributed by atoms with Crippen LogP contribution in [-0.2, 0) is 17.6 Å². The van der Waals surface area contributed by atoms with E-state index in [0.717, 1.165) is 54.3 Å². The first-order chi connectivity index (χ1) is 10.7. The number of para-hydroxylation sites is 1. The molecule has 0 radical (unpaired) electrons. The van der Waals surface area contributed by atoms with Gasteiger partial charge in [0, 0.05) is 11.1 Å². The first-order valence-corrected chi connectivity index (χ1v) is 7.72. The minimum absolute atomic E-state index is 0.411. The van der Waals surface area contributed by atoms with Crippen molar-refractivity contribution in [2.75, 3.05) is 0 Å². The smallest absolute Gasteiger partial charge is 0.340 e. The van der Waals surface area contributed by atoms with Crippen LogP contribution in [0.5, 0.6) is 0 Å². The molecule has 0 bridgehead atoms.